The Morgan fingerprint density at radius 2 is 1.93 bits per heavy atom. The molecule has 2 aromatic rings. The summed E-state index contributed by atoms with van der Waals surface area (Å²) in [4.78, 5) is 27.5. The van der Waals surface area contributed by atoms with Crippen molar-refractivity contribution in [1.82, 2.24) is 4.90 Å². The van der Waals surface area contributed by atoms with Gasteiger partial charge in [0.25, 0.3) is 5.91 Å². The summed E-state index contributed by atoms with van der Waals surface area (Å²) < 4.78 is 10.5. The van der Waals surface area contributed by atoms with Crippen molar-refractivity contribution in [2.24, 2.45) is 0 Å². The van der Waals surface area contributed by atoms with Crippen molar-refractivity contribution in [3.63, 3.8) is 0 Å². The van der Waals surface area contributed by atoms with E-state index in [1.807, 2.05) is 25.1 Å². The molecular formula is C21H23ClN2O4. The summed E-state index contributed by atoms with van der Waals surface area (Å²) in [5, 5.41) is 3.22. The fourth-order valence-electron chi connectivity index (χ4n) is 3.40. The second-order valence-corrected chi connectivity index (χ2v) is 6.98. The van der Waals surface area contributed by atoms with Crippen LogP contribution in [0.25, 0.3) is 0 Å². The summed E-state index contributed by atoms with van der Waals surface area (Å²) in [7, 11) is 3.01. The first-order chi connectivity index (χ1) is 13.5. The maximum absolute atomic E-state index is 13.1. The molecule has 0 saturated heterocycles. The monoisotopic (exact) mass is 402 g/mol. The molecule has 1 heterocycles. The van der Waals surface area contributed by atoms with Crippen molar-refractivity contribution in [2.45, 2.75) is 32.4 Å². The highest BCUT2D eigenvalue weighted by atomic mass is 35.5. The number of anilines is 1. The first-order valence-corrected chi connectivity index (χ1v) is 9.49. The fraction of sp³-hybridized carbons (Fsp3) is 0.333. The lowest BCUT2D eigenvalue weighted by atomic mass is 10.1. The van der Waals surface area contributed by atoms with Crippen molar-refractivity contribution < 1.29 is 19.1 Å². The van der Waals surface area contributed by atoms with E-state index in [0.717, 1.165) is 12.0 Å². The summed E-state index contributed by atoms with van der Waals surface area (Å²) >= 11 is 6.20. The maximum atomic E-state index is 13.1. The number of rotatable bonds is 7. The highest BCUT2D eigenvalue weighted by Gasteiger charge is 2.36. The van der Waals surface area contributed by atoms with Crippen LogP contribution in [-0.2, 0) is 11.3 Å². The van der Waals surface area contributed by atoms with Crippen LogP contribution in [0.5, 0.6) is 11.5 Å². The molecule has 148 valence electrons. The Balaban J connectivity index is 1.85. The average molecular weight is 403 g/mol. The standard InChI is InChI=1S/C21H23ClN2O4/c1-4-7-17(24-12-13-8-5-6-9-14(13)21(24)26)20(25)23-16-10-15(22)18(27-2)11-19(16)28-3/h5-6,8-11,17H,4,7,12H2,1-3H3,(H,23,25)/t17-/m0/s1. The van der Waals surface area contributed by atoms with Gasteiger partial charge in [0, 0.05) is 18.2 Å². The Bertz CT molecular complexity index is 900. The summed E-state index contributed by atoms with van der Waals surface area (Å²) in [5.41, 5.74) is 2.02. The van der Waals surface area contributed by atoms with E-state index in [1.165, 1.54) is 14.2 Å². The van der Waals surface area contributed by atoms with Crippen LogP contribution in [0.1, 0.15) is 35.7 Å². The van der Waals surface area contributed by atoms with Gasteiger partial charge in [0.15, 0.2) is 0 Å². The van der Waals surface area contributed by atoms with Crippen LogP contribution in [-0.4, -0.2) is 37.0 Å². The molecule has 3 rings (SSSR count). The van der Waals surface area contributed by atoms with Gasteiger partial charge in [-0.2, -0.15) is 0 Å². The summed E-state index contributed by atoms with van der Waals surface area (Å²) in [6.45, 7) is 2.41. The van der Waals surface area contributed by atoms with E-state index in [4.69, 9.17) is 21.1 Å². The molecule has 0 aromatic heterocycles. The molecule has 0 saturated carbocycles. The van der Waals surface area contributed by atoms with Crippen molar-refractivity contribution in [3.8, 4) is 11.5 Å². The number of nitrogens with zero attached hydrogens (tertiary/aromatic N) is 1. The van der Waals surface area contributed by atoms with Gasteiger partial charge in [-0.05, 0) is 24.1 Å². The van der Waals surface area contributed by atoms with E-state index in [-0.39, 0.29) is 11.8 Å². The summed E-state index contributed by atoms with van der Waals surface area (Å²) in [6.07, 6.45) is 1.32. The van der Waals surface area contributed by atoms with Crippen molar-refractivity contribution >= 4 is 29.1 Å². The summed E-state index contributed by atoms with van der Waals surface area (Å²) in [5.74, 6) is 0.485. The zero-order chi connectivity index (χ0) is 20.3. The molecule has 28 heavy (non-hydrogen) atoms. The molecule has 1 aliphatic rings. The average Bonchev–Trinajstić information content (AvgIpc) is 3.03. The second-order valence-electron chi connectivity index (χ2n) is 6.57. The number of nitrogens with one attached hydrogen (secondary N) is 1. The zero-order valence-corrected chi connectivity index (χ0v) is 16.9. The van der Waals surface area contributed by atoms with Crippen LogP contribution < -0.4 is 14.8 Å². The van der Waals surface area contributed by atoms with Crippen LogP contribution in [0.3, 0.4) is 0 Å². The van der Waals surface area contributed by atoms with Gasteiger partial charge in [0.2, 0.25) is 5.91 Å². The lowest BCUT2D eigenvalue weighted by molar-refractivity contribution is -0.120. The first-order valence-electron chi connectivity index (χ1n) is 9.11. The summed E-state index contributed by atoms with van der Waals surface area (Å²) in [6, 6.07) is 10.1. The molecule has 0 radical (unpaired) electrons. The number of ether oxygens (including phenoxy) is 2. The number of methoxy groups -OCH3 is 2. The van der Waals surface area contributed by atoms with Gasteiger partial charge in [-0.25, -0.2) is 0 Å². The molecule has 2 aromatic carbocycles. The molecule has 0 bridgehead atoms. The molecule has 2 amide bonds. The van der Waals surface area contributed by atoms with E-state index in [1.54, 1.807) is 23.1 Å². The van der Waals surface area contributed by atoms with Gasteiger partial charge < -0.3 is 19.7 Å². The fourth-order valence-corrected chi connectivity index (χ4v) is 3.65. The van der Waals surface area contributed by atoms with Gasteiger partial charge in [-0.15, -0.1) is 0 Å². The lowest BCUT2D eigenvalue weighted by Gasteiger charge is -2.27. The van der Waals surface area contributed by atoms with E-state index >= 15 is 0 Å². The zero-order valence-electron chi connectivity index (χ0n) is 16.1. The molecule has 1 N–H and O–H groups in total. The van der Waals surface area contributed by atoms with Gasteiger partial charge in [-0.3, -0.25) is 9.59 Å². The Morgan fingerprint density at radius 3 is 2.57 bits per heavy atom. The smallest absolute Gasteiger partial charge is 0.255 e. The van der Waals surface area contributed by atoms with Crippen LogP contribution in [0.2, 0.25) is 5.02 Å². The minimum atomic E-state index is -0.588. The molecule has 6 nitrogen and oxygen atoms in total. The number of carbonyl (C=O) groups is 2. The number of carbonyl (C=O) groups excluding carboxylic acids is 2. The van der Waals surface area contributed by atoms with E-state index in [9.17, 15) is 9.59 Å². The quantitative estimate of drug-likeness (QED) is 0.756. The third-order valence-electron chi connectivity index (χ3n) is 4.82. The highest BCUT2D eigenvalue weighted by molar-refractivity contribution is 6.32. The van der Waals surface area contributed by atoms with Crippen molar-refractivity contribution in [1.29, 1.82) is 0 Å². The molecule has 1 aliphatic heterocycles. The molecule has 7 heteroatoms. The first kappa shape index (κ1) is 20.0. The van der Waals surface area contributed by atoms with Crippen LogP contribution in [0, 0.1) is 0 Å². The number of fused-ring (bicyclic) bond motifs is 1. The number of amides is 2. The van der Waals surface area contributed by atoms with Crippen LogP contribution >= 0.6 is 11.6 Å². The SMILES string of the molecule is CCC[C@@H](C(=O)Nc1cc(Cl)c(OC)cc1OC)N1Cc2ccccc2C1=O. The van der Waals surface area contributed by atoms with Crippen molar-refractivity contribution in [3.05, 3.63) is 52.5 Å². The Kier molecular flexibility index (Phi) is 6.09. The molecule has 0 fully saturated rings. The molecule has 0 aliphatic carbocycles. The highest BCUT2D eigenvalue weighted by Crippen LogP contribution is 2.36. The molecular weight excluding hydrogens is 380 g/mol. The number of hydrogen-bond acceptors (Lipinski definition) is 4. The second kappa shape index (κ2) is 8.52. The Morgan fingerprint density at radius 1 is 1.21 bits per heavy atom. The maximum Gasteiger partial charge on any atom is 0.255 e. The largest absolute Gasteiger partial charge is 0.495 e. The number of benzene rings is 2. The van der Waals surface area contributed by atoms with E-state index in [0.29, 0.717) is 40.7 Å². The van der Waals surface area contributed by atoms with Crippen molar-refractivity contribution in [2.75, 3.05) is 19.5 Å². The lowest BCUT2D eigenvalue weighted by Crippen LogP contribution is -2.44. The third-order valence-corrected chi connectivity index (χ3v) is 5.12. The van der Waals surface area contributed by atoms with Gasteiger partial charge in [0.1, 0.15) is 17.5 Å². The number of hydrogen-bond donors (Lipinski definition) is 1. The predicted octanol–water partition coefficient (Wildman–Crippen LogP) is 4.12. The molecule has 0 unspecified atom stereocenters. The minimum absolute atomic E-state index is 0.121. The van der Waals surface area contributed by atoms with Gasteiger partial charge in [0.05, 0.1) is 24.9 Å². The predicted molar refractivity (Wildman–Crippen MR) is 108 cm³/mol. The van der Waals surface area contributed by atoms with Gasteiger partial charge >= 0.3 is 0 Å². The van der Waals surface area contributed by atoms with Crippen LogP contribution in [0.4, 0.5) is 5.69 Å². The Labute approximate surface area is 169 Å². The van der Waals surface area contributed by atoms with Crippen LogP contribution in [0.15, 0.2) is 36.4 Å². The minimum Gasteiger partial charge on any atom is -0.495 e. The van der Waals surface area contributed by atoms with E-state index < -0.39 is 6.04 Å². The van der Waals surface area contributed by atoms with Gasteiger partial charge in [-0.1, -0.05) is 43.1 Å². The Hall–Kier alpha value is -2.73. The molecule has 1 atom stereocenters. The number of halogens is 1. The normalized spacial score (nSPS) is 13.9. The van der Waals surface area contributed by atoms with E-state index in [2.05, 4.69) is 5.32 Å². The topological polar surface area (TPSA) is 67.9 Å². The molecule has 0 spiro atoms. The third kappa shape index (κ3) is 3.78.